The van der Waals surface area contributed by atoms with Crippen molar-refractivity contribution in [2.45, 2.75) is 31.8 Å². The van der Waals surface area contributed by atoms with Crippen molar-refractivity contribution in [1.82, 2.24) is 5.32 Å². The number of aliphatic imine (C=N–C) groups is 1. The van der Waals surface area contributed by atoms with Crippen LogP contribution >= 0.6 is 11.8 Å². The first kappa shape index (κ1) is 13.9. The van der Waals surface area contributed by atoms with Gasteiger partial charge in [-0.1, -0.05) is 42.1 Å². The van der Waals surface area contributed by atoms with Gasteiger partial charge in [0, 0.05) is 17.7 Å². The van der Waals surface area contributed by atoms with E-state index in [1.807, 2.05) is 32.0 Å². The van der Waals surface area contributed by atoms with E-state index < -0.39 is 0 Å². The van der Waals surface area contributed by atoms with E-state index in [-0.39, 0.29) is 17.5 Å². The molecule has 102 valence electrons. The number of carbonyl (C=O) groups excluding carboxylic acids is 1. The maximum Gasteiger partial charge on any atom is 0.219 e. The number of nitrogens with one attached hydrogen (secondary N) is 1. The largest absolute Gasteiger partial charge is 0.370 e. The Morgan fingerprint density at radius 3 is 2.79 bits per heavy atom. The summed E-state index contributed by atoms with van der Waals surface area (Å²) in [6.45, 7) is 3.91. The van der Waals surface area contributed by atoms with E-state index in [0.717, 1.165) is 10.9 Å². The van der Waals surface area contributed by atoms with E-state index in [1.54, 1.807) is 11.8 Å². The maximum absolute atomic E-state index is 11.0. The molecule has 1 amide bonds. The van der Waals surface area contributed by atoms with Crippen molar-refractivity contribution in [3.63, 3.8) is 0 Å². The van der Waals surface area contributed by atoms with Crippen molar-refractivity contribution in [2.75, 3.05) is 5.75 Å². The summed E-state index contributed by atoms with van der Waals surface area (Å²) in [6, 6.07) is 10.4. The van der Waals surface area contributed by atoms with Crippen LogP contribution in [0, 0.1) is 0 Å². The molecule has 5 heteroatoms. The molecule has 1 aromatic rings. The van der Waals surface area contributed by atoms with Crippen molar-refractivity contribution < 1.29 is 4.79 Å². The normalized spacial score (nSPS) is 19.1. The van der Waals surface area contributed by atoms with Gasteiger partial charge in [-0.3, -0.25) is 9.79 Å². The first-order chi connectivity index (χ1) is 8.96. The van der Waals surface area contributed by atoms with Gasteiger partial charge in [0.05, 0.1) is 6.04 Å². The molecule has 0 radical (unpaired) electrons. The lowest BCUT2D eigenvalue weighted by Gasteiger charge is -2.25. The van der Waals surface area contributed by atoms with Gasteiger partial charge in [0.1, 0.15) is 0 Å². The molecule has 0 fully saturated rings. The zero-order chi connectivity index (χ0) is 13.9. The van der Waals surface area contributed by atoms with Gasteiger partial charge in [0.2, 0.25) is 5.91 Å². The van der Waals surface area contributed by atoms with Gasteiger partial charge in [0.25, 0.3) is 0 Å². The summed E-state index contributed by atoms with van der Waals surface area (Å²) < 4.78 is 0. The average molecular weight is 277 g/mol. The Labute approximate surface area is 117 Å². The second-order valence-electron chi connectivity index (χ2n) is 5.32. The van der Waals surface area contributed by atoms with E-state index in [1.165, 1.54) is 5.56 Å². The minimum Gasteiger partial charge on any atom is -0.370 e. The molecule has 1 unspecified atom stereocenters. The van der Waals surface area contributed by atoms with Crippen molar-refractivity contribution >= 4 is 22.8 Å². The first-order valence-electron chi connectivity index (χ1n) is 6.28. The summed E-state index contributed by atoms with van der Waals surface area (Å²) >= 11 is 1.69. The summed E-state index contributed by atoms with van der Waals surface area (Å²) in [5, 5.41) is 4.19. The Kier molecular flexibility index (Phi) is 4.14. The fraction of sp³-hybridized carbons (Fsp3) is 0.429. The van der Waals surface area contributed by atoms with Crippen molar-refractivity contribution in [2.24, 2.45) is 10.7 Å². The predicted octanol–water partition coefficient (Wildman–Crippen LogP) is 2.07. The lowest BCUT2D eigenvalue weighted by atomic mass is 10.0. The van der Waals surface area contributed by atoms with Gasteiger partial charge in [-0.05, 0) is 19.4 Å². The molecule has 1 aliphatic rings. The van der Waals surface area contributed by atoms with E-state index in [4.69, 9.17) is 5.73 Å². The van der Waals surface area contributed by atoms with E-state index in [2.05, 4.69) is 22.4 Å². The van der Waals surface area contributed by atoms with Crippen LogP contribution in [0.3, 0.4) is 0 Å². The smallest absolute Gasteiger partial charge is 0.219 e. The number of nitrogens with zero attached hydrogens (tertiary/aromatic N) is 1. The van der Waals surface area contributed by atoms with E-state index in [9.17, 15) is 4.79 Å². The minimum absolute atomic E-state index is 0.193. The molecular weight excluding hydrogens is 258 g/mol. The molecule has 19 heavy (non-hydrogen) atoms. The highest BCUT2D eigenvalue weighted by Gasteiger charge is 2.26. The average Bonchev–Trinajstić information content (AvgIpc) is 2.76. The quantitative estimate of drug-likeness (QED) is 0.885. The molecule has 0 aromatic heterocycles. The van der Waals surface area contributed by atoms with Gasteiger partial charge >= 0.3 is 0 Å². The van der Waals surface area contributed by atoms with Gasteiger partial charge in [-0.15, -0.1) is 0 Å². The number of rotatable bonds is 4. The molecular formula is C14H19N3OS. The number of carbonyl (C=O) groups is 1. The topological polar surface area (TPSA) is 67.5 Å². The highest BCUT2D eigenvalue weighted by molar-refractivity contribution is 8.14. The van der Waals surface area contributed by atoms with Crippen LogP contribution in [0.2, 0.25) is 0 Å². The van der Waals surface area contributed by atoms with Crippen molar-refractivity contribution in [3.05, 3.63) is 35.9 Å². The van der Waals surface area contributed by atoms with Crippen LogP contribution in [0.15, 0.2) is 35.3 Å². The number of amides is 1. The number of hydrogen-bond acceptors (Lipinski definition) is 4. The number of nitrogens with two attached hydrogens (primary N) is 1. The molecule has 3 N–H and O–H groups in total. The molecule has 1 aliphatic heterocycles. The monoisotopic (exact) mass is 277 g/mol. The molecule has 0 spiro atoms. The van der Waals surface area contributed by atoms with E-state index >= 15 is 0 Å². The molecule has 0 saturated carbocycles. The highest BCUT2D eigenvalue weighted by Crippen LogP contribution is 2.30. The number of primary amides is 1. The Balaban J connectivity index is 2.02. The molecule has 0 aliphatic carbocycles. The summed E-state index contributed by atoms with van der Waals surface area (Å²) in [4.78, 5) is 15.7. The fourth-order valence-corrected chi connectivity index (χ4v) is 3.19. The lowest BCUT2D eigenvalue weighted by molar-refractivity contribution is -0.119. The summed E-state index contributed by atoms with van der Waals surface area (Å²) in [7, 11) is 0. The summed E-state index contributed by atoms with van der Waals surface area (Å²) in [5.74, 6) is 0.625. The van der Waals surface area contributed by atoms with E-state index in [0.29, 0.717) is 6.42 Å². The third kappa shape index (κ3) is 3.99. The Bertz CT molecular complexity index is 485. The van der Waals surface area contributed by atoms with Crippen LogP contribution in [0.5, 0.6) is 0 Å². The van der Waals surface area contributed by atoms with Crippen molar-refractivity contribution in [3.8, 4) is 0 Å². The zero-order valence-corrected chi connectivity index (χ0v) is 12.0. The minimum atomic E-state index is -0.358. The number of benzene rings is 1. The third-order valence-electron chi connectivity index (χ3n) is 2.90. The predicted molar refractivity (Wildman–Crippen MR) is 80.1 cm³/mol. The molecule has 1 heterocycles. The summed E-state index contributed by atoms with van der Waals surface area (Å²) in [5.41, 5.74) is 6.11. The van der Waals surface area contributed by atoms with Crippen LogP contribution in [-0.4, -0.2) is 22.4 Å². The lowest BCUT2D eigenvalue weighted by Crippen LogP contribution is -2.44. The number of thioether (sulfide) groups is 1. The Hall–Kier alpha value is -1.49. The standard InChI is InChI=1S/C14H19N3OS/c1-14(2,8-12(15)18)17-13-16-11(9-19-13)10-6-4-3-5-7-10/h3-7,11H,8-9H2,1-2H3,(H2,15,18)(H,16,17). The molecule has 1 atom stereocenters. The second kappa shape index (κ2) is 5.65. The van der Waals surface area contributed by atoms with Crippen molar-refractivity contribution in [1.29, 1.82) is 0 Å². The van der Waals surface area contributed by atoms with Crippen LogP contribution in [0.1, 0.15) is 31.9 Å². The third-order valence-corrected chi connectivity index (χ3v) is 3.86. The van der Waals surface area contributed by atoms with Gasteiger partial charge < -0.3 is 11.1 Å². The Morgan fingerprint density at radius 1 is 1.47 bits per heavy atom. The van der Waals surface area contributed by atoms with Crippen LogP contribution < -0.4 is 11.1 Å². The van der Waals surface area contributed by atoms with Crippen LogP contribution in [0.4, 0.5) is 0 Å². The number of amidine groups is 1. The zero-order valence-electron chi connectivity index (χ0n) is 11.2. The molecule has 1 aromatic carbocycles. The summed E-state index contributed by atoms with van der Waals surface area (Å²) in [6.07, 6.45) is 0.294. The Morgan fingerprint density at radius 2 is 2.16 bits per heavy atom. The second-order valence-corrected chi connectivity index (χ2v) is 6.33. The first-order valence-corrected chi connectivity index (χ1v) is 7.27. The molecule has 2 rings (SSSR count). The van der Waals surface area contributed by atoms with Gasteiger partial charge in [-0.2, -0.15) is 0 Å². The molecule has 4 nitrogen and oxygen atoms in total. The van der Waals surface area contributed by atoms with Crippen LogP contribution in [-0.2, 0) is 4.79 Å². The highest BCUT2D eigenvalue weighted by atomic mass is 32.2. The SMILES string of the molecule is CC(C)(CC(N)=O)NC1=NC(c2ccccc2)CS1. The van der Waals surface area contributed by atoms with Gasteiger partial charge in [0.15, 0.2) is 5.17 Å². The van der Waals surface area contributed by atoms with Crippen LogP contribution in [0.25, 0.3) is 0 Å². The number of hydrogen-bond donors (Lipinski definition) is 2. The molecule has 0 bridgehead atoms. The maximum atomic E-state index is 11.0. The van der Waals surface area contributed by atoms with Gasteiger partial charge in [-0.25, -0.2) is 0 Å². The molecule has 0 saturated heterocycles. The fourth-order valence-electron chi connectivity index (χ4n) is 2.06.